The molecule has 0 saturated heterocycles. The third-order valence-corrected chi connectivity index (χ3v) is 6.14. The van der Waals surface area contributed by atoms with Crippen LogP contribution in [0.5, 0.6) is 11.6 Å². The summed E-state index contributed by atoms with van der Waals surface area (Å²) in [5, 5.41) is 23.7. The predicted octanol–water partition coefficient (Wildman–Crippen LogP) is 5.90. The lowest BCUT2D eigenvalue weighted by Gasteiger charge is -2.27. The van der Waals surface area contributed by atoms with E-state index in [1.54, 1.807) is 12.1 Å². The molecule has 4 rings (SSSR count). The van der Waals surface area contributed by atoms with Gasteiger partial charge in [-0.25, -0.2) is 9.78 Å². The molecule has 182 valence electrons. The zero-order chi connectivity index (χ0) is 22.7. The Hall–Kier alpha value is -2.06. The predicted molar refractivity (Wildman–Crippen MR) is 137 cm³/mol. The number of aliphatic hydroxyl groups is 1. The van der Waals surface area contributed by atoms with Crippen LogP contribution < -0.4 is 10.1 Å². The second-order valence-electron chi connectivity index (χ2n) is 7.73. The molecule has 2 atom stereocenters. The highest BCUT2D eigenvalue weighted by Gasteiger charge is 2.21. The van der Waals surface area contributed by atoms with E-state index in [1.807, 2.05) is 30.3 Å². The molecule has 1 aromatic heterocycles. The number of aliphatic hydroxyl groups excluding tert-OH is 1. The zero-order valence-corrected chi connectivity index (χ0v) is 21.1. The fourth-order valence-corrected chi connectivity index (χ4v) is 4.28. The standard InChI is InChI=1S/C24H22Cl2N2O4.2ClH/c25-17-3-1-2-15(10-17)21(29)13-28-18-6-4-14-5-7-19(12-16(14)11-18)32-23-22(26)20(24(30)31)8-9-27-23;;/h1-3,5,7-10,12,18,21,28-29H,4,6,11,13H2,(H,30,31);2*1H/t18-,21-;;/m0../s1. The maximum Gasteiger partial charge on any atom is 0.337 e. The van der Waals surface area contributed by atoms with Gasteiger partial charge in [0.2, 0.25) is 5.88 Å². The normalized spacial score (nSPS) is 15.3. The van der Waals surface area contributed by atoms with Gasteiger partial charge in [-0.2, -0.15) is 0 Å². The van der Waals surface area contributed by atoms with Crippen molar-refractivity contribution in [3.63, 3.8) is 0 Å². The summed E-state index contributed by atoms with van der Waals surface area (Å²) in [6, 6.07) is 14.6. The lowest BCUT2D eigenvalue weighted by Crippen LogP contribution is -2.37. The first-order valence-corrected chi connectivity index (χ1v) is 11.0. The molecule has 1 heterocycles. The minimum absolute atomic E-state index is 0. The van der Waals surface area contributed by atoms with E-state index < -0.39 is 12.1 Å². The average molecular weight is 546 g/mol. The monoisotopic (exact) mass is 544 g/mol. The van der Waals surface area contributed by atoms with Crippen LogP contribution in [0.4, 0.5) is 0 Å². The smallest absolute Gasteiger partial charge is 0.337 e. The number of carbonyl (C=O) groups is 1. The number of rotatable bonds is 7. The van der Waals surface area contributed by atoms with E-state index >= 15 is 0 Å². The number of carboxylic acids is 1. The molecule has 34 heavy (non-hydrogen) atoms. The summed E-state index contributed by atoms with van der Waals surface area (Å²) in [5.74, 6) is -0.538. The summed E-state index contributed by atoms with van der Waals surface area (Å²) < 4.78 is 5.79. The van der Waals surface area contributed by atoms with Crippen molar-refractivity contribution in [1.29, 1.82) is 0 Å². The molecule has 0 fully saturated rings. The van der Waals surface area contributed by atoms with Gasteiger partial charge >= 0.3 is 5.97 Å². The van der Waals surface area contributed by atoms with E-state index in [0.717, 1.165) is 30.4 Å². The van der Waals surface area contributed by atoms with Crippen molar-refractivity contribution < 1.29 is 19.7 Å². The fourth-order valence-electron chi connectivity index (χ4n) is 3.85. The first kappa shape index (κ1) is 28.2. The molecule has 10 heteroatoms. The molecular weight excluding hydrogens is 522 g/mol. The van der Waals surface area contributed by atoms with Crippen molar-refractivity contribution in [1.82, 2.24) is 10.3 Å². The highest BCUT2D eigenvalue weighted by atomic mass is 35.5. The first-order valence-electron chi connectivity index (χ1n) is 10.2. The quantitative estimate of drug-likeness (QED) is 0.342. The number of nitrogens with zero attached hydrogens (tertiary/aromatic N) is 1. The molecule has 0 aliphatic heterocycles. The van der Waals surface area contributed by atoms with Gasteiger partial charge in [0.15, 0.2) is 0 Å². The van der Waals surface area contributed by atoms with Gasteiger partial charge in [-0.3, -0.25) is 0 Å². The van der Waals surface area contributed by atoms with Gasteiger partial charge in [0, 0.05) is 23.8 Å². The number of ether oxygens (including phenoxy) is 1. The number of carboxylic acid groups (broad SMARTS) is 1. The Balaban J connectivity index is 0.00000204. The maximum absolute atomic E-state index is 11.3. The number of aryl methyl sites for hydroxylation is 1. The summed E-state index contributed by atoms with van der Waals surface area (Å²) in [6.45, 7) is 0.429. The van der Waals surface area contributed by atoms with Gasteiger partial charge in [0.05, 0.1) is 11.7 Å². The van der Waals surface area contributed by atoms with Crippen molar-refractivity contribution in [3.8, 4) is 11.6 Å². The highest BCUT2D eigenvalue weighted by Crippen LogP contribution is 2.32. The minimum atomic E-state index is -1.14. The topological polar surface area (TPSA) is 91.7 Å². The molecule has 0 radical (unpaired) electrons. The Morgan fingerprint density at radius 1 is 1.15 bits per heavy atom. The average Bonchev–Trinajstić information content (AvgIpc) is 2.78. The Kier molecular flexibility index (Phi) is 10.4. The summed E-state index contributed by atoms with van der Waals surface area (Å²) >= 11 is 12.2. The van der Waals surface area contributed by atoms with Gasteiger partial charge < -0.3 is 20.3 Å². The van der Waals surface area contributed by atoms with E-state index in [1.165, 1.54) is 17.8 Å². The molecule has 0 saturated carbocycles. The van der Waals surface area contributed by atoms with E-state index in [9.17, 15) is 15.0 Å². The molecular formula is C24H24Cl4N2O4. The maximum atomic E-state index is 11.3. The largest absolute Gasteiger partial charge is 0.478 e. The van der Waals surface area contributed by atoms with E-state index in [2.05, 4.69) is 10.3 Å². The van der Waals surface area contributed by atoms with Crippen LogP contribution in [0, 0.1) is 0 Å². The molecule has 0 amide bonds. The van der Waals surface area contributed by atoms with Crippen LogP contribution in [0.3, 0.4) is 0 Å². The molecule has 1 aliphatic rings. The van der Waals surface area contributed by atoms with Crippen LogP contribution in [0.15, 0.2) is 54.7 Å². The lowest BCUT2D eigenvalue weighted by molar-refractivity contribution is 0.0696. The Labute approximate surface area is 220 Å². The van der Waals surface area contributed by atoms with Gasteiger partial charge in [0.1, 0.15) is 10.8 Å². The van der Waals surface area contributed by atoms with Gasteiger partial charge in [-0.1, -0.05) is 41.4 Å². The minimum Gasteiger partial charge on any atom is -0.478 e. The number of aromatic carboxylic acids is 1. The molecule has 2 aromatic carbocycles. The molecule has 6 nitrogen and oxygen atoms in total. The van der Waals surface area contributed by atoms with Crippen molar-refractivity contribution >= 4 is 54.0 Å². The van der Waals surface area contributed by atoms with Crippen molar-refractivity contribution in [2.24, 2.45) is 0 Å². The molecule has 0 spiro atoms. The van der Waals surface area contributed by atoms with Gasteiger partial charge in [-0.05, 0) is 66.3 Å². The second-order valence-corrected chi connectivity index (χ2v) is 8.55. The Morgan fingerprint density at radius 2 is 1.94 bits per heavy atom. The third kappa shape index (κ3) is 6.75. The zero-order valence-electron chi connectivity index (χ0n) is 17.9. The molecule has 3 N–H and O–H groups in total. The number of nitrogens with one attached hydrogen (secondary N) is 1. The number of pyridine rings is 1. The van der Waals surface area contributed by atoms with Crippen LogP contribution in [0.1, 0.15) is 39.6 Å². The number of aromatic nitrogens is 1. The highest BCUT2D eigenvalue weighted by molar-refractivity contribution is 6.34. The van der Waals surface area contributed by atoms with Gasteiger partial charge in [0.25, 0.3) is 0 Å². The van der Waals surface area contributed by atoms with E-state index in [0.29, 0.717) is 17.3 Å². The first-order chi connectivity index (χ1) is 15.4. The molecule has 0 unspecified atom stereocenters. The molecule has 1 aliphatic carbocycles. The summed E-state index contributed by atoms with van der Waals surface area (Å²) in [4.78, 5) is 15.3. The summed E-state index contributed by atoms with van der Waals surface area (Å²) in [6.07, 6.45) is 3.37. The number of hydrogen-bond donors (Lipinski definition) is 3. The number of halogens is 4. The van der Waals surface area contributed by atoms with E-state index in [-0.39, 0.29) is 47.3 Å². The summed E-state index contributed by atoms with van der Waals surface area (Å²) in [5.41, 5.74) is 3.10. The third-order valence-electron chi connectivity index (χ3n) is 5.54. The number of benzene rings is 2. The van der Waals surface area contributed by atoms with Crippen LogP contribution in [-0.2, 0) is 12.8 Å². The molecule has 0 bridgehead atoms. The van der Waals surface area contributed by atoms with Crippen LogP contribution in [0.25, 0.3) is 0 Å². The van der Waals surface area contributed by atoms with Crippen molar-refractivity contribution in [2.45, 2.75) is 31.4 Å². The Morgan fingerprint density at radius 3 is 2.68 bits per heavy atom. The van der Waals surface area contributed by atoms with Crippen LogP contribution in [-0.4, -0.2) is 33.8 Å². The van der Waals surface area contributed by atoms with Crippen LogP contribution >= 0.6 is 48.0 Å². The Bertz CT molecular complexity index is 1150. The second kappa shape index (κ2) is 12.6. The van der Waals surface area contributed by atoms with E-state index in [4.69, 9.17) is 27.9 Å². The summed E-state index contributed by atoms with van der Waals surface area (Å²) in [7, 11) is 0. The van der Waals surface area contributed by atoms with Crippen molar-refractivity contribution in [3.05, 3.63) is 87.0 Å². The molecule has 3 aromatic rings. The fraction of sp³-hybridized carbons (Fsp3) is 0.250. The number of hydrogen-bond acceptors (Lipinski definition) is 5. The van der Waals surface area contributed by atoms with Crippen LogP contribution in [0.2, 0.25) is 10.0 Å². The van der Waals surface area contributed by atoms with Gasteiger partial charge in [-0.15, -0.1) is 24.8 Å². The lowest BCUT2D eigenvalue weighted by atomic mass is 9.88. The van der Waals surface area contributed by atoms with Crippen molar-refractivity contribution in [2.75, 3.05) is 6.54 Å². The number of fused-ring (bicyclic) bond motifs is 1. The SMILES string of the molecule is Cl.Cl.O=C(O)c1ccnc(Oc2ccc3c(c2)C[C@@H](NC[C@H](O)c2cccc(Cl)c2)CC3)c1Cl.